The number of carbonyl (C=O) groups excluding carboxylic acids is 2. The normalized spacial score (nSPS) is 21.7. The van der Waals surface area contributed by atoms with Crippen LogP contribution in [0.5, 0.6) is 0 Å². The van der Waals surface area contributed by atoms with Crippen LogP contribution in [0.4, 0.5) is 5.69 Å². The molecule has 2 unspecified atom stereocenters. The average Bonchev–Trinajstić information content (AvgIpc) is 2.71. The van der Waals surface area contributed by atoms with E-state index in [9.17, 15) is 9.59 Å². The smallest absolute Gasteiger partial charge is 0.327 e. The number of benzene rings is 1. The van der Waals surface area contributed by atoms with Crippen LogP contribution in [0.1, 0.15) is 64.2 Å². The van der Waals surface area contributed by atoms with E-state index in [1.807, 2.05) is 32.9 Å². The predicted octanol–water partition coefficient (Wildman–Crippen LogP) is 4.67. The lowest BCUT2D eigenvalue weighted by molar-refractivity contribution is -0.176. The number of anilines is 1. The Balaban J connectivity index is 1.84. The maximum absolute atomic E-state index is 13.3. The number of aryl methyl sites for hydroxylation is 2. The lowest BCUT2D eigenvalue weighted by atomic mass is 9.78. The summed E-state index contributed by atoms with van der Waals surface area (Å²) in [5, 5.41) is -0.869. The molecule has 7 heteroatoms. The van der Waals surface area contributed by atoms with Gasteiger partial charge in [0.05, 0.1) is 0 Å². The summed E-state index contributed by atoms with van der Waals surface area (Å²) >= 11 is 1.28. The molecular formula is C25H33N3O3S. The fourth-order valence-corrected chi connectivity index (χ4v) is 5.35. The highest BCUT2D eigenvalue weighted by atomic mass is 32.2. The summed E-state index contributed by atoms with van der Waals surface area (Å²) in [6, 6.07) is 3.93. The van der Waals surface area contributed by atoms with Crippen molar-refractivity contribution in [3.8, 4) is 0 Å². The van der Waals surface area contributed by atoms with Gasteiger partial charge in [-0.1, -0.05) is 34.6 Å². The minimum atomic E-state index is -0.869. The molecule has 1 aromatic heterocycles. The number of thioether (sulfide) groups is 1. The zero-order valence-corrected chi connectivity index (χ0v) is 20.6. The predicted molar refractivity (Wildman–Crippen MR) is 128 cm³/mol. The number of carbonyl (C=O) groups is 2. The molecule has 6 nitrogen and oxygen atoms in total. The number of Topliss-reactive ketones (excluding diaryl/α,β-unsaturated/α-hetero) is 1. The summed E-state index contributed by atoms with van der Waals surface area (Å²) in [6.45, 7) is 12.2. The van der Waals surface area contributed by atoms with Crippen LogP contribution in [-0.2, 0) is 26.2 Å². The zero-order chi connectivity index (χ0) is 23.7. The van der Waals surface area contributed by atoms with Crippen molar-refractivity contribution in [1.82, 2.24) is 9.97 Å². The minimum Gasteiger partial charge on any atom is -0.457 e. The molecule has 2 N–H and O–H groups in total. The Morgan fingerprint density at radius 2 is 1.88 bits per heavy atom. The molecule has 2 heterocycles. The number of nitrogens with zero attached hydrogens (tertiary/aromatic N) is 2. The van der Waals surface area contributed by atoms with Crippen molar-refractivity contribution < 1.29 is 14.3 Å². The zero-order valence-electron chi connectivity index (χ0n) is 19.8. The molecule has 3 rings (SSSR count). The van der Waals surface area contributed by atoms with Gasteiger partial charge >= 0.3 is 5.97 Å². The van der Waals surface area contributed by atoms with Gasteiger partial charge in [0.15, 0.2) is 11.0 Å². The monoisotopic (exact) mass is 455 g/mol. The van der Waals surface area contributed by atoms with Gasteiger partial charge in [-0.2, -0.15) is 0 Å². The molecule has 32 heavy (non-hydrogen) atoms. The second-order valence-electron chi connectivity index (χ2n) is 9.98. The molecule has 1 saturated heterocycles. The molecule has 1 aliphatic heterocycles. The molecule has 172 valence electrons. The third-order valence-corrected chi connectivity index (χ3v) is 7.49. The second-order valence-corrected chi connectivity index (χ2v) is 11.1. The van der Waals surface area contributed by atoms with E-state index in [2.05, 4.69) is 30.7 Å². The van der Waals surface area contributed by atoms with Crippen LogP contribution >= 0.6 is 11.8 Å². The summed E-state index contributed by atoms with van der Waals surface area (Å²) in [7, 11) is 0. The van der Waals surface area contributed by atoms with Crippen molar-refractivity contribution in [3.63, 3.8) is 0 Å². The fourth-order valence-electron chi connectivity index (χ4n) is 4.00. The standard InChI is InChI=1S/C25H33N3O3S/c1-15(2)25(8-7-17-12-27-14-28-13-17)11-20(29)22(23(30)31-25)32-21-9-16(3)19(26)10-18(21)24(4,5)6/h9-10,12-15,22H,7-8,11,26H2,1-6H3. The third-order valence-electron chi connectivity index (χ3n) is 6.21. The summed E-state index contributed by atoms with van der Waals surface area (Å²) in [5.74, 6) is -0.535. The van der Waals surface area contributed by atoms with Gasteiger partial charge in [0.1, 0.15) is 11.9 Å². The maximum Gasteiger partial charge on any atom is 0.327 e. The van der Waals surface area contributed by atoms with E-state index < -0.39 is 16.8 Å². The molecule has 1 fully saturated rings. The Labute approximate surface area is 194 Å². The van der Waals surface area contributed by atoms with E-state index in [1.54, 1.807) is 12.4 Å². The van der Waals surface area contributed by atoms with E-state index >= 15 is 0 Å². The van der Waals surface area contributed by atoms with Crippen LogP contribution < -0.4 is 5.73 Å². The van der Waals surface area contributed by atoms with Crippen molar-refractivity contribution >= 4 is 29.2 Å². The Hall–Kier alpha value is -2.41. The van der Waals surface area contributed by atoms with Gasteiger partial charge in [0.25, 0.3) is 0 Å². The molecule has 0 spiro atoms. The van der Waals surface area contributed by atoms with Gasteiger partial charge in [-0.15, -0.1) is 11.8 Å². The summed E-state index contributed by atoms with van der Waals surface area (Å²) in [6.07, 6.45) is 6.40. The lowest BCUT2D eigenvalue weighted by Crippen LogP contribution is -2.52. The molecule has 0 amide bonds. The summed E-state index contributed by atoms with van der Waals surface area (Å²) in [5.41, 5.74) is 8.78. The van der Waals surface area contributed by atoms with E-state index in [0.717, 1.165) is 21.6 Å². The number of nitrogens with two attached hydrogens (primary N) is 1. The van der Waals surface area contributed by atoms with E-state index in [1.165, 1.54) is 18.1 Å². The first-order chi connectivity index (χ1) is 14.9. The number of ether oxygens (including phenoxy) is 1. The van der Waals surface area contributed by atoms with E-state index in [4.69, 9.17) is 10.5 Å². The van der Waals surface area contributed by atoms with Crippen LogP contribution in [0.15, 0.2) is 35.7 Å². The van der Waals surface area contributed by atoms with Gasteiger partial charge in [-0.25, -0.2) is 9.97 Å². The molecule has 1 aliphatic rings. The molecule has 2 aromatic rings. The fraction of sp³-hybridized carbons (Fsp3) is 0.520. The lowest BCUT2D eigenvalue weighted by Gasteiger charge is -2.41. The van der Waals surface area contributed by atoms with Crippen molar-refractivity contribution in [2.45, 2.75) is 82.0 Å². The molecule has 0 bridgehead atoms. The molecule has 0 aliphatic carbocycles. The Morgan fingerprint density at radius 1 is 1.22 bits per heavy atom. The van der Waals surface area contributed by atoms with Gasteiger partial charge in [0.2, 0.25) is 0 Å². The Kier molecular flexibility index (Phi) is 6.98. The quantitative estimate of drug-likeness (QED) is 0.384. The van der Waals surface area contributed by atoms with Crippen LogP contribution in [0.2, 0.25) is 0 Å². The van der Waals surface area contributed by atoms with Gasteiger partial charge in [-0.3, -0.25) is 9.59 Å². The first-order valence-corrected chi connectivity index (χ1v) is 11.9. The van der Waals surface area contributed by atoms with Crippen LogP contribution in [-0.4, -0.2) is 32.6 Å². The number of nitrogen functional groups attached to an aromatic ring is 1. The van der Waals surface area contributed by atoms with Crippen molar-refractivity contribution in [2.24, 2.45) is 5.92 Å². The third kappa shape index (κ3) is 5.14. The largest absolute Gasteiger partial charge is 0.457 e. The topological polar surface area (TPSA) is 95.2 Å². The number of hydrogen-bond acceptors (Lipinski definition) is 7. The number of rotatable bonds is 6. The van der Waals surface area contributed by atoms with Crippen molar-refractivity contribution in [1.29, 1.82) is 0 Å². The first kappa shape index (κ1) is 24.2. The Bertz CT molecular complexity index is 981. The van der Waals surface area contributed by atoms with Gasteiger partial charge in [0, 0.05) is 29.4 Å². The number of hydrogen-bond donors (Lipinski definition) is 1. The first-order valence-electron chi connectivity index (χ1n) is 11.0. The Morgan fingerprint density at radius 3 is 2.44 bits per heavy atom. The summed E-state index contributed by atoms with van der Waals surface area (Å²) in [4.78, 5) is 35.4. The number of aromatic nitrogens is 2. The van der Waals surface area contributed by atoms with Gasteiger partial charge < -0.3 is 10.5 Å². The maximum atomic E-state index is 13.3. The molecule has 0 saturated carbocycles. The molecule has 1 aromatic carbocycles. The SMILES string of the molecule is Cc1cc(SC2C(=O)CC(CCc3cncnc3)(C(C)C)OC2=O)c(C(C)(C)C)cc1N. The minimum absolute atomic E-state index is 0.00915. The van der Waals surface area contributed by atoms with Crippen molar-refractivity contribution in [3.05, 3.63) is 47.5 Å². The van der Waals surface area contributed by atoms with Crippen LogP contribution in [0.3, 0.4) is 0 Å². The molecule has 0 radical (unpaired) electrons. The highest BCUT2D eigenvalue weighted by molar-refractivity contribution is 8.01. The highest BCUT2D eigenvalue weighted by Gasteiger charge is 2.49. The number of esters is 1. The van der Waals surface area contributed by atoms with Crippen LogP contribution in [0.25, 0.3) is 0 Å². The highest BCUT2D eigenvalue weighted by Crippen LogP contribution is 2.43. The summed E-state index contributed by atoms with van der Waals surface area (Å²) < 4.78 is 6.05. The van der Waals surface area contributed by atoms with E-state index in [-0.39, 0.29) is 23.5 Å². The van der Waals surface area contributed by atoms with Crippen LogP contribution in [0, 0.1) is 12.8 Å². The number of ketones is 1. The molecular weight excluding hydrogens is 422 g/mol. The average molecular weight is 456 g/mol. The van der Waals surface area contributed by atoms with E-state index in [0.29, 0.717) is 18.5 Å². The van der Waals surface area contributed by atoms with Gasteiger partial charge in [-0.05, 0) is 59.9 Å². The molecule has 2 atom stereocenters. The second kappa shape index (κ2) is 9.22. The number of cyclic esters (lactones) is 1. The van der Waals surface area contributed by atoms with Crippen molar-refractivity contribution in [2.75, 3.05) is 5.73 Å².